The van der Waals surface area contributed by atoms with Crippen LogP contribution in [-0.4, -0.2) is 37.0 Å². The SMILES string of the molecule is COC(=O)C1CCCC(NC(=O)OC(C)(C)C)N1. The van der Waals surface area contributed by atoms with Gasteiger partial charge in [-0.3, -0.25) is 10.1 Å². The molecule has 0 saturated carbocycles. The lowest BCUT2D eigenvalue weighted by Crippen LogP contribution is -2.55. The fourth-order valence-electron chi connectivity index (χ4n) is 1.83. The maximum atomic E-state index is 11.6. The van der Waals surface area contributed by atoms with E-state index >= 15 is 0 Å². The first-order valence-corrected chi connectivity index (χ1v) is 6.15. The Morgan fingerprint density at radius 2 is 1.94 bits per heavy atom. The summed E-state index contributed by atoms with van der Waals surface area (Å²) < 4.78 is 9.83. The van der Waals surface area contributed by atoms with Crippen molar-refractivity contribution in [3.63, 3.8) is 0 Å². The molecule has 0 aromatic carbocycles. The molecule has 1 heterocycles. The molecule has 6 nitrogen and oxygen atoms in total. The third-order valence-corrected chi connectivity index (χ3v) is 2.56. The van der Waals surface area contributed by atoms with Gasteiger partial charge in [-0.05, 0) is 40.0 Å². The fraction of sp³-hybridized carbons (Fsp3) is 0.833. The van der Waals surface area contributed by atoms with Gasteiger partial charge in [0.25, 0.3) is 0 Å². The molecular formula is C12H22N2O4. The second-order valence-electron chi connectivity index (χ2n) is 5.37. The van der Waals surface area contributed by atoms with E-state index < -0.39 is 11.7 Å². The van der Waals surface area contributed by atoms with Crippen LogP contribution >= 0.6 is 0 Å². The smallest absolute Gasteiger partial charge is 0.408 e. The highest BCUT2D eigenvalue weighted by atomic mass is 16.6. The van der Waals surface area contributed by atoms with Crippen LogP contribution in [0.2, 0.25) is 0 Å². The molecule has 1 aliphatic heterocycles. The number of nitrogens with one attached hydrogen (secondary N) is 2. The monoisotopic (exact) mass is 258 g/mol. The summed E-state index contributed by atoms with van der Waals surface area (Å²) in [6.07, 6.45) is 1.61. The Labute approximate surface area is 107 Å². The highest BCUT2D eigenvalue weighted by molar-refractivity contribution is 5.76. The average molecular weight is 258 g/mol. The van der Waals surface area contributed by atoms with Crippen LogP contribution in [0.4, 0.5) is 4.79 Å². The molecule has 6 heteroatoms. The molecule has 1 saturated heterocycles. The lowest BCUT2D eigenvalue weighted by molar-refractivity contribution is -0.144. The highest BCUT2D eigenvalue weighted by Crippen LogP contribution is 2.13. The van der Waals surface area contributed by atoms with Gasteiger partial charge in [-0.2, -0.15) is 0 Å². The number of alkyl carbamates (subject to hydrolysis) is 1. The van der Waals surface area contributed by atoms with Crippen LogP contribution in [0.25, 0.3) is 0 Å². The Morgan fingerprint density at radius 3 is 2.50 bits per heavy atom. The molecule has 1 rings (SSSR count). The van der Waals surface area contributed by atoms with Crippen molar-refractivity contribution in [1.29, 1.82) is 0 Å². The zero-order valence-electron chi connectivity index (χ0n) is 11.4. The first-order valence-electron chi connectivity index (χ1n) is 6.15. The Bertz CT molecular complexity index is 312. The number of hydrogen-bond donors (Lipinski definition) is 2. The van der Waals surface area contributed by atoms with Gasteiger partial charge in [0, 0.05) is 0 Å². The van der Waals surface area contributed by atoms with E-state index in [1.54, 1.807) is 20.8 Å². The lowest BCUT2D eigenvalue weighted by atomic mass is 10.0. The molecule has 0 radical (unpaired) electrons. The van der Waals surface area contributed by atoms with E-state index in [0.717, 1.165) is 19.3 Å². The number of amides is 1. The van der Waals surface area contributed by atoms with E-state index in [1.165, 1.54) is 7.11 Å². The molecule has 18 heavy (non-hydrogen) atoms. The minimum atomic E-state index is -0.527. The topological polar surface area (TPSA) is 76.7 Å². The molecular weight excluding hydrogens is 236 g/mol. The molecule has 1 amide bonds. The van der Waals surface area contributed by atoms with Gasteiger partial charge in [-0.1, -0.05) is 0 Å². The predicted octanol–water partition coefficient (Wildman–Crippen LogP) is 1.15. The number of piperidine rings is 1. The van der Waals surface area contributed by atoms with Crippen molar-refractivity contribution in [3.8, 4) is 0 Å². The van der Waals surface area contributed by atoms with Gasteiger partial charge in [-0.25, -0.2) is 4.79 Å². The first kappa shape index (κ1) is 14.8. The number of ether oxygens (including phenoxy) is 2. The molecule has 0 aliphatic carbocycles. The predicted molar refractivity (Wildman–Crippen MR) is 65.9 cm³/mol. The molecule has 2 unspecified atom stereocenters. The summed E-state index contributed by atoms with van der Waals surface area (Å²) in [6.45, 7) is 5.41. The highest BCUT2D eigenvalue weighted by Gasteiger charge is 2.28. The average Bonchev–Trinajstić information content (AvgIpc) is 2.25. The lowest BCUT2D eigenvalue weighted by Gasteiger charge is -2.30. The summed E-state index contributed by atoms with van der Waals surface area (Å²) in [5.41, 5.74) is -0.527. The van der Waals surface area contributed by atoms with Crippen molar-refractivity contribution in [2.24, 2.45) is 0 Å². The van der Waals surface area contributed by atoms with Gasteiger partial charge in [0.2, 0.25) is 0 Å². The van der Waals surface area contributed by atoms with Crippen LogP contribution in [-0.2, 0) is 14.3 Å². The second kappa shape index (κ2) is 6.04. The van der Waals surface area contributed by atoms with Crippen LogP contribution in [0.3, 0.4) is 0 Å². The molecule has 1 fully saturated rings. The number of hydrogen-bond acceptors (Lipinski definition) is 5. The fourth-order valence-corrected chi connectivity index (χ4v) is 1.83. The number of esters is 1. The zero-order valence-corrected chi connectivity index (χ0v) is 11.4. The number of carbonyl (C=O) groups excluding carboxylic acids is 2. The maximum absolute atomic E-state index is 11.6. The molecule has 0 aromatic heterocycles. The van der Waals surface area contributed by atoms with E-state index in [-0.39, 0.29) is 18.2 Å². The normalized spacial score (nSPS) is 24.2. The quantitative estimate of drug-likeness (QED) is 0.727. The van der Waals surface area contributed by atoms with Crippen LogP contribution in [0, 0.1) is 0 Å². The van der Waals surface area contributed by atoms with Gasteiger partial charge < -0.3 is 14.8 Å². The third-order valence-electron chi connectivity index (χ3n) is 2.56. The molecule has 0 aromatic rings. The third kappa shape index (κ3) is 4.91. The summed E-state index contributed by atoms with van der Waals surface area (Å²) in [7, 11) is 1.36. The van der Waals surface area contributed by atoms with E-state index in [9.17, 15) is 9.59 Å². The van der Waals surface area contributed by atoms with Gasteiger partial charge in [0.15, 0.2) is 0 Å². The standard InChI is InChI=1S/C12H22N2O4/c1-12(2,3)18-11(16)14-9-7-5-6-8(13-9)10(15)17-4/h8-9,13H,5-7H2,1-4H3,(H,14,16). The van der Waals surface area contributed by atoms with Crippen LogP contribution < -0.4 is 10.6 Å². The summed E-state index contributed by atoms with van der Waals surface area (Å²) in [6, 6.07) is -0.358. The van der Waals surface area contributed by atoms with Crippen molar-refractivity contribution in [2.45, 2.75) is 57.8 Å². The Hall–Kier alpha value is -1.30. The second-order valence-corrected chi connectivity index (χ2v) is 5.37. The van der Waals surface area contributed by atoms with Gasteiger partial charge in [0.05, 0.1) is 13.3 Å². The van der Waals surface area contributed by atoms with Gasteiger partial charge >= 0.3 is 12.1 Å². The van der Waals surface area contributed by atoms with Crippen molar-refractivity contribution >= 4 is 12.1 Å². The molecule has 1 aliphatic rings. The summed E-state index contributed by atoms with van der Waals surface area (Å²) in [4.78, 5) is 23.0. The number of carbonyl (C=O) groups is 2. The summed E-state index contributed by atoms with van der Waals surface area (Å²) in [5, 5.41) is 5.74. The summed E-state index contributed by atoms with van der Waals surface area (Å²) >= 11 is 0. The van der Waals surface area contributed by atoms with E-state index in [2.05, 4.69) is 15.4 Å². The van der Waals surface area contributed by atoms with E-state index in [1.807, 2.05) is 0 Å². The van der Waals surface area contributed by atoms with Crippen molar-refractivity contribution in [1.82, 2.24) is 10.6 Å². The number of methoxy groups -OCH3 is 1. The zero-order chi connectivity index (χ0) is 13.8. The maximum Gasteiger partial charge on any atom is 0.408 e. The molecule has 0 spiro atoms. The summed E-state index contributed by atoms with van der Waals surface area (Å²) in [5.74, 6) is -0.300. The Kier molecular flexibility index (Phi) is 4.95. The van der Waals surface area contributed by atoms with Crippen LogP contribution in [0.15, 0.2) is 0 Å². The molecule has 104 valence electrons. The largest absolute Gasteiger partial charge is 0.468 e. The van der Waals surface area contributed by atoms with Crippen molar-refractivity contribution in [2.75, 3.05) is 7.11 Å². The van der Waals surface area contributed by atoms with E-state index in [4.69, 9.17) is 4.74 Å². The van der Waals surface area contributed by atoms with E-state index in [0.29, 0.717) is 0 Å². The molecule has 0 bridgehead atoms. The first-order chi connectivity index (χ1) is 8.31. The number of rotatable bonds is 2. The van der Waals surface area contributed by atoms with Crippen LogP contribution in [0.5, 0.6) is 0 Å². The van der Waals surface area contributed by atoms with Gasteiger partial charge in [-0.15, -0.1) is 0 Å². The minimum Gasteiger partial charge on any atom is -0.468 e. The molecule has 2 N–H and O–H groups in total. The van der Waals surface area contributed by atoms with Crippen molar-refractivity contribution < 1.29 is 19.1 Å². The molecule has 2 atom stereocenters. The minimum absolute atomic E-state index is 0.252. The van der Waals surface area contributed by atoms with Crippen molar-refractivity contribution in [3.05, 3.63) is 0 Å². The Morgan fingerprint density at radius 1 is 1.28 bits per heavy atom. The van der Waals surface area contributed by atoms with Crippen LogP contribution in [0.1, 0.15) is 40.0 Å². The van der Waals surface area contributed by atoms with Gasteiger partial charge in [0.1, 0.15) is 11.6 Å². The Balaban J connectivity index is 2.43.